The van der Waals surface area contributed by atoms with E-state index in [4.69, 9.17) is 20.3 Å². The summed E-state index contributed by atoms with van der Waals surface area (Å²) in [4.78, 5) is 62.1. The highest BCUT2D eigenvalue weighted by Crippen LogP contribution is 2.18. The maximum absolute atomic E-state index is 12.4. The third-order valence-corrected chi connectivity index (χ3v) is 7.37. The van der Waals surface area contributed by atoms with Gasteiger partial charge in [-0.05, 0) is 20.8 Å². The Morgan fingerprint density at radius 1 is 0.829 bits per heavy atom. The number of methoxy groups -OCH3 is 1. The van der Waals surface area contributed by atoms with Gasteiger partial charge in [0.15, 0.2) is 5.78 Å². The number of nitrogens with zero attached hydrogens (tertiary/aromatic N) is 2. The van der Waals surface area contributed by atoms with Crippen LogP contribution in [0.2, 0.25) is 0 Å². The summed E-state index contributed by atoms with van der Waals surface area (Å²) in [5.41, 5.74) is 4.10. The second-order valence-corrected chi connectivity index (χ2v) is 10.8. The number of hydrogen-bond donors (Lipinski definition) is 3. The number of aliphatic carboxylic acids is 1. The van der Waals surface area contributed by atoms with Crippen molar-refractivity contribution in [1.82, 2.24) is 15.1 Å². The Labute approximate surface area is 244 Å². The van der Waals surface area contributed by atoms with Crippen molar-refractivity contribution in [1.29, 1.82) is 0 Å². The van der Waals surface area contributed by atoms with Crippen molar-refractivity contribution < 1.29 is 43.3 Å². The van der Waals surface area contributed by atoms with Crippen LogP contribution >= 0.6 is 0 Å². The zero-order valence-corrected chi connectivity index (χ0v) is 26.1. The molecule has 0 aromatic carbocycles. The first-order valence-electron chi connectivity index (χ1n) is 14.1. The van der Waals surface area contributed by atoms with Crippen LogP contribution in [0.15, 0.2) is 0 Å². The second kappa shape index (κ2) is 19.5. The van der Waals surface area contributed by atoms with Crippen molar-refractivity contribution in [2.75, 3.05) is 72.9 Å². The molecule has 4 N–H and O–H groups in total. The fraction of sp³-hybridized carbons (Fsp3) is 0.821. The number of Topliss-reactive ketones (excluding diaryl/α,β-unsaturated/α-hetero) is 1. The molecule has 0 bridgehead atoms. The molecule has 41 heavy (non-hydrogen) atoms. The van der Waals surface area contributed by atoms with Crippen LogP contribution in [0.3, 0.4) is 0 Å². The first-order chi connectivity index (χ1) is 19.1. The van der Waals surface area contributed by atoms with Gasteiger partial charge < -0.3 is 40.2 Å². The molecule has 0 radical (unpaired) electrons. The Bertz CT molecular complexity index is 838. The van der Waals surface area contributed by atoms with Gasteiger partial charge in [-0.1, -0.05) is 27.7 Å². The Hall–Kier alpha value is -2.61. The molecule has 0 spiro atoms. The number of carbonyl (C=O) groups is 5. The van der Waals surface area contributed by atoms with Crippen molar-refractivity contribution in [3.63, 3.8) is 0 Å². The lowest BCUT2D eigenvalue weighted by Gasteiger charge is -2.32. The number of rotatable bonds is 10. The van der Waals surface area contributed by atoms with E-state index in [9.17, 15) is 24.0 Å². The number of nitrogens with two attached hydrogens (primary N) is 1. The first kappa shape index (κ1) is 38.4. The van der Waals surface area contributed by atoms with Gasteiger partial charge in [-0.15, -0.1) is 0 Å². The molecule has 4 unspecified atom stereocenters. The molecule has 2 fully saturated rings. The van der Waals surface area contributed by atoms with Crippen LogP contribution in [-0.2, 0) is 38.2 Å². The van der Waals surface area contributed by atoms with Gasteiger partial charge in [0.1, 0.15) is 0 Å². The van der Waals surface area contributed by atoms with Gasteiger partial charge in [0.2, 0.25) is 17.7 Å². The maximum atomic E-state index is 12.4. The topological polar surface area (TPSA) is 178 Å². The molecule has 13 heteroatoms. The number of hydrogen-bond acceptors (Lipinski definition) is 9. The number of nitrogens with one attached hydrogen (secondary N) is 1. The molecule has 2 rings (SSSR count). The van der Waals surface area contributed by atoms with E-state index in [2.05, 4.69) is 10.1 Å². The average Bonchev–Trinajstić information content (AvgIpc) is 2.96. The van der Waals surface area contributed by atoms with Gasteiger partial charge in [0, 0.05) is 57.6 Å². The van der Waals surface area contributed by atoms with Crippen LogP contribution < -0.4 is 11.1 Å². The highest BCUT2D eigenvalue weighted by Gasteiger charge is 2.34. The molecule has 2 aliphatic heterocycles. The summed E-state index contributed by atoms with van der Waals surface area (Å²) >= 11 is 0. The van der Waals surface area contributed by atoms with Crippen LogP contribution in [-0.4, -0.2) is 123 Å². The summed E-state index contributed by atoms with van der Waals surface area (Å²) in [5, 5.41) is 11.5. The van der Waals surface area contributed by atoms with E-state index in [1.54, 1.807) is 58.5 Å². The molecule has 0 aromatic rings. The van der Waals surface area contributed by atoms with Crippen molar-refractivity contribution in [2.45, 2.75) is 54.0 Å². The zero-order valence-electron chi connectivity index (χ0n) is 26.1. The Morgan fingerprint density at radius 3 is 1.51 bits per heavy atom. The lowest BCUT2D eigenvalue weighted by Crippen LogP contribution is -2.52. The molecule has 3 amide bonds. The third-order valence-electron chi connectivity index (χ3n) is 7.37. The number of carbonyl (C=O) groups excluding carboxylic acids is 4. The van der Waals surface area contributed by atoms with Crippen molar-refractivity contribution in [3.05, 3.63) is 0 Å². The van der Waals surface area contributed by atoms with Crippen LogP contribution in [0, 0.1) is 23.7 Å². The maximum Gasteiger partial charge on any atom is 0.307 e. The minimum Gasteiger partial charge on any atom is -0.481 e. The van der Waals surface area contributed by atoms with Crippen LogP contribution in [0.5, 0.6) is 0 Å². The summed E-state index contributed by atoms with van der Waals surface area (Å²) in [5.74, 6) is -3.47. The number of ether oxygens (including phenoxy) is 3. The molecule has 0 aliphatic carbocycles. The van der Waals surface area contributed by atoms with Crippen molar-refractivity contribution in [3.8, 4) is 0 Å². The van der Waals surface area contributed by atoms with Gasteiger partial charge in [-0.3, -0.25) is 24.0 Å². The van der Waals surface area contributed by atoms with E-state index in [0.717, 1.165) is 0 Å². The van der Waals surface area contributed by atoms with Gasteiger partial charge in [-0.25, -0.2) is 0 Å². The van der Waals surface area contributed by atoms with Crippen molar-refractivity contribution in [2.24, 2.45) is 29.4 Å². The summed E-state index contributed by atoms with van der Waals surface area (Å²) in [6.45, 7) is 17.2. The first-order valence-corrected chi connectivity index (χ1v) is 14.1. The number of carboxylic acids is 1. The van der Waals surface area contributed by atoms with Crippen LogP contribution in [0.4, 0.5) is 0 Å². The Morgan fingerprint density at radius 2 is 1.22 bits per heavy atom. The summed E-state index contributed by atoms with van der Waals surface area (Å²) in [6, 6.07) is 0. The number of ketones is 1. The Kier molecular flexibility index (Phi) is 18.3. The van der Waals surface area contributed by atoms with E-state index in [0.29, 0.717) is 65.8 Å². The average molecular weight is 589 g/mol. The summed E-state index contributed by atoms with van der Waals surface area (Å²) in [6.07, 6.45) is 0. The minimum atomic E-state index is -0.927. The predicted octanol–water partition coefficient (Wildman–Crippen LogP) is 0.395. The highest BCUT2D eigenvalue weighted by molar-refractivity contribution is 5.93. The smallest absolute Gasteiger partial charge is 0.307 e. The molecule has 0 saturated carbocycles. The van der Waals surface area contributed by atoms with Crippen LogP contribution in [0.1, 0.15) is 48.5 Å². The fourth-order valence-electron chi connectivity index (χ4n) is 3.64. The Balaban J connectivity index is 0.000000695. The van der Waals surface area contributed by atoms with E-state index in [-0.39, 0.29) is 23.5 Å². The van der Waals surface area contributed by atoms with Crippen LogP contribution in [0.25, 0.3) is 0 Å². The third kappa shape index (κ3) is 13.7. The summed E-state index contributed by atoms with van der Waals surface area (Å²) in [7, 11) is 1.63. The molecule has 2 aliphatic rings. The highest BCUT2D eigenvalue weighted by atomic mass is 16.5. The summed E-state index contributed by atoms with van der Waals surface area (Å²) < 4.78 is 14.9. The van der Waals surface area contributed by atoms with Gasteiger partial charge >= 0.3 is 5.97 Å². The number of carboxylic acid groups (broad SMARTS) is 1. The zero-order chi connectivity index (χ0) is 31.8. The lowest BCUT2D eigenvalue weighted by molar-refractivity contribution is -0.150. The fourth-order valence-corrected chi connectivity index (χ4v) is 3.64. The second-order valence-electron chi connectivity index (χ2n) is 10.8. The molecule has 238 valence electrons. The minimum absolute atomic E-state index is 0.0402. The quantitative estimate of drug-likeness (QED) is 0.323. The van der Waals surface area contributed by atoms with Crippen molar-refractivity contribution >= 4 is 29.5 Å². The molecular formula is C28H52N4O9. The van der Waals surface area contributed by atoms with E-state index in [1.807, 2.05) is 0 Å². The molecule has 0 aromatic heterocycles. The van der Waals surface area contributed by atoms with Gasteiger partial charge in [-0.2, -0.15) is 0 Å². The predicted molar refractivity (Wildman–Crippen MR) is 153 cm³/mol. The normalized spacial score (nSPS) is 18.3. The number of morpholine rings is 2. The lowest BCUT2D eigenvalue weighted by atomic mass is 9.91. The van der Waals surface area contributed by atoms with E-state index < -0.39 is 35.2 Å². The van der Waals surface area contributed by atoms with E-state index in [1.165, 1.54) is 6.92 Å². The molecule has 4 atom stereocenters. The molecule has 13 nitrogen and oxygen atoms in total. The standard InChI is InChI=1S/C15H26N2O4.C10H17NO4.C3H9NO/c1-10(13(19)16-15(4,5)12(3)18)11(2)14(20)17-6-8-21-9-7-17;1-7(8(2)10(13)14)9(12)11-3-5-15-6-4-11;1-5-3-2-4/h10-11H,6-9H2,1-5H3,(H,16,19);7-8H,3-6H2,1-2H3,(H,13,14);2-4H2,1H3. The molecular weight excluding hydrogens is 536 g/mol. The monoisotopic (exact) mass is 588 g/mol. The number of amides is 3. The SMILES string of the molecule is CC(=O)C(C)(C)NC(=O)C(C)C(C)C(=O)N1CCOCC1.CC(C(=O)O)C(C)C(=O)N1CCOCC1.COCCN. The van der Waals surface area contributed by atoms with E-state index >= 15 is 0 Å². The van der Waals surface area contributed by atoms with Gasteiger partial charge in [0.05, 0.1) is 44.5 Å². The largest absolute Gasteiger partial charge is 0.481 e. The molecule has 2 saturated heterocycles. The molecule has 2 heterocycles. The van der Waals surface area contributed by atoms with Gasteiger partial charge in [0.25, 0.3) is 0 Å².